The van der Waals surface area contributed by atoms with Crippen LogP contribution >= 0.6 is 0 Å². The monoisotopic (exact) mass is 251 g/mol. The van der Waals surface area contributed by atoms with Crippen LogP contribution in [-0.2, 0) is 14.3 Å². The molecule has 96 valence electrons. The molecule has 6 nitrogen and oxygen atoms in total. The molecule has 0 bridgehead atoms. The molecule has 1 aromatic rings. The third-order valence-electron chi connectivity index (χ3n) is 1.96. The number of ether oxygens (including phenoxy) is 2. The fourth-order valence-corrected chi connectivity index (χ4v) is 1.16. The Hall–Kier alpha value is -2.21. The third kappa shape index (κ3) is 5.22. The fourth-order valence-electron chi connectivity index (χ4n) is 1.16. The maximum absolute atomic E-state index is 10.8. The summed E-state index contributed by atoms with van der Waals surface area (Å²) in [5.74, 6) is -0.496. The minimum absolute atomic E-state index is 0.103. The van der Waals surface area contributed by atoms with Crippen molar-refractivity contribution < 1.29 is 19.2 Å². The minimum atomic E-state index is -0.527. The molecule has 0 spiro atoms. The zero-order chi connectivity index (χ0) is 13.4. The van der Waals surface area contributed by atoms with Gasteiger partial charge in [-0.25, -0.2) is 0 Å². The molecule has 0 aliphatic heterocycles. The Kier molecular flexibility index (Phi) is 5.53. The van der Waals surface area contributed by atoms with Crippen LogP contribution in [0.4, 0.5) is 0 Å². The second kappa shape index (κ2) is 7.18. The molecule has 0 saturated heterocycles. The number of rotatable bonds is 6. The van der Waals surface area contributed by atoms with Crippen molar-refractivity contribution in [2.45, 2.75) is 6.92 Å². The van der Waals surface area contributed by atoms with Crippen LogP contribution in [-0.4, -0.2) is 24.3 Å². The highest BCUT2D eigenvalue weighted by atomic mass is 16.7. The topological polar surface area (TPSA) is 78.7 Å². The number of carbonyl (C=O) groups excluding carboxylic acids is 1. The van der Waals surface area contributed by atoms with Gasteiger partial charge in [-0.2, -0.15) is 0 Å². The lowest BCUT2D eigenvalue weighted by Gasteiger charge is -2.02. The first-order valence-corrected chi connectivity index (χ1v) is 5.20. The SMILES string of the molecule is CC(=O)OCOC/C(=C/c1ccccc1)[N+](=O)[O-]. The number of nitro groups is 1. The molecule has 18 heavy (non-hydrogen) atoms. The van der Waals surface area contributed by atoms with Crippen LogP contribution < -0.4 is 0 Å². The van der Waals surface area contributed by atoms with Gasteiger partial charge >= 0.3 is 5.97 Å². The number of hydrogen-bond acceptors (Lipinski definition) is 5. The lowest BCUT2D eigenvalue weighted by molar-refractivity contribution is -0.429. The number of esters is 1. The smallest absolute Gasteiger partial charge is 0.304 e. The second-order valence-corrected chi connectivity index (χ2v) is 3.41. The van der Waals surface area contributed by atoms with Crippen LogP contribution in [0.3, 0.4) is 0 Å². The van der Waals surface area contributed by atoms with Gasteiger partial charge in [0.15, 0.2) is 6.79 Å². The second-order valence-electron chi connectivity index (χ2n) is 3.41. The highest BCUT2D eigenvalue weighted by Gasteiger charge is 2.11. The maximum Gasteiger partial charge on any atom is 0.304 e. The van der Waals surface area contributed by atoms with E-state index in [1.807, 2.05) is 6.07 Å². The molecule has 0 amide bonds. The number of hydrogen-bond donors (Lipinski definition) is 0. The van der Waals surface area contributed by atoms with E-state index < -0.39 is 10.9 Å². The summed E-state index contributed by atoms with van der Waals surface area (Å²) in [6.07, 6.45) is 1.41. The van der Waals surface area contributed by atoms with Gasteiger partial charge in [-0.3, -0.25) is 14.9 Å². The fraction of sp³-hybridized carbons (Fsp3) is 0.250. The van der Waals surface area contributed by atoms with Crippen LogP contribution in [0.15, 0.2) is 36.0 Å². The third-order valence-corrected chi connectivity index (χ3v) is 1.96. The summed E-state index contributed by atoms with van der Waals surface area (Å²) in [5, 5.41) is 10.8. The number of nitrogens with zero attached hydrogens (tertiary/aromatic N) is 1. The molecule has 0 N–H and O–H groups in total. The summed E-state index contributed by atoms with van der Waals surface area (Å²) in [7, 11) is 0. The minimum Gasteiger partial charge on any atom is -0.439 e. The molecular weight excluding hydrogens is 238 g/mol. The van der Waals surface area contributed by atoms with E-state index in [-0.39, 0.29) is 19.1 Å². The van der Waals surface area contributed by atoms with E-state index in [0.717, 1.165) is 0 Å². The molecule has 0 radical (unpaired) electrons. The highest BCUT2D eigenvalue weighted by Crippen LogP contribution is 2.07. The summed E-state index contributed by atoms with van der Waals surface area (Å²) in [6.45, 7) is 0.710. The van der Waals surface area contributed by atoms with E-state index in [2.05, 4.69) is 4.74 Å². The standard InChI is InChI=1S/C12H13NO5/c1-10(14)18-9-17-8-12(13(15)16)7-11-5-3-2-4-6-11/h2-7H,8-9H2,1H3/b12-7-. The lowest BCUT2D eigenvalue weighted by Crippen LogP contribution is -2.11. The molecular formula is C12H13NO5. The summed E-state index contributed by atoms with van der Waals surface area (Å²) in [6, 6.07) is 8.87. The molecule has 0 atom stereocenters. The van der Waals surface area contributed by atoms with Gasteiger partial charge in [0.25, 0.3) is 5.70 Å². The van der Waals surface area contributed by atoms with Crippen LogP contribution in [0.25, 0.3) is 6.08 Å². The van der Waals surface area contributed by atoms with Crippen molar-refractivity contribution in [2.75, 3.05) is 13.4 Å². The quantitative estimate of drug-likeness (QED) is 0.253. The van der Waals surface area contributed by atoms with E-state index in [9.17, 15) is 14.9 Å². The zero-order valence-electron chi connectivity index (χ0n) is 9.87. The molecule has 0 aliphatic carbocycles. The van der Waals surface area contributed by atoms with Gasteiger partial charge in [0, 0.05) is 13.0 Å². The summed E-state index contributed by atoms with van der Waals surface area (Å²) >= 11 is 0. The summed E-state index contributed by atoms with van der Waals surface area (Å²) in [5.41, 5.74) is 0.605. The van der Waals surface area contributed by atoms with E-state index in [0.29, 0.717) is 5.56 Å². The molecule has 0 heterocycles. The Morgan fingerprint density at radius 2 is 2.06 bits per heavy atom. The Balaban J connectivity index is 2.58. The first-order chi connectivity index (χ1) is 8.59. The van der Waals surface area contributed by atoms with Crippen LogP contribution in [0.2, 0.25) is 0 Å². The normalized spacial score (nSPS) is 11.1. The predicted molar refractivity (Wildman–Crippen MR) is 64.0 cm³/mol. The van der Waals surface area contributed by atoms with Crippen molar-refractivity contribution in [3.63, 3.8) is 0 Å². The van der Waals surface area contributed by atoms with Crippen LogP contribution in [0, 0.1) is 10.1 Å². The van der Waals surface area contributed by atoms with Gasteiger partial charge < -0.3 is 9.47 Å². The first kappa shape index (κ1) is 13.9. The lowest BCUT2D eigenvalue weighted by atomic mass is 10.2. The van der Waals surface area contributed by atoms with Crippen molar-refractivity contribution in [3.05, 3.63) is 51.7 Å². The Bertz CT molecular complexity index is 441. The van der Waals surface area contributed by atoms with Crippen LogP contribution in [0.1, 0.15) is 12.5 Å². The molecule has 1 aromatic carbocycles. The van der Waals surface area contributed by atoms with Gasteiger partial charge in [-0.05, 0) is 5.56 Å². The van der Waals surface area contributed by atoms with Crippen molar-refractivity contribution in [2.24, 2.45) is 0 Å². The molecule has 0 aliphatic rings. The first-order valence-electron chi connectivity index (χ1n) is 5.20. The van der Waals surface area contributed by atoms with Crippen molar-refractivity contribution in [1.82, 2.24) is 0 Å². The van der Waals surface area contributed by atoms with E-state index in [1.54, 1.807) is 24.3 Å². The van der Waals surface area contributed by atoms with Crippen molar-refractivity contribution in [1.29, 1.82) is 0 Å². The van der Waals surface area contributed by atoms with Gasteiger partial charge in [-0.15, -0.1) is 0 Å². The molecule has 1 rings (SSSR count). The molecule has 0 unspecified atom stereocenters. The Labute approximate surface area is 104 Å². The van der Waals surface area contributed by atoms with E-state index >= 15 is 0 Å². The predicted octanol–water partition coefficient (Wildman–Crippen LogP) is 1.84. The Morgan fingerprint density at radius 1 is 1.39 bits per heavy atom. The van der Waals surface area contributed by atoms with E-state index in [1.165, 1.54) is 13.0 Å². The molecule has 6 heteroatoms. The van der Waals surface area contributed by atoms with Gasteiger partial charge in [0.1, 0.15) is 6.61 Å². The van der Waals surface area contributed by atoms with Crippen molar-refractivity contribution in [3.8, 4) is 0 Å². The number of benzene rings is 1. The van der Waals surface area contributed by atoms with Gasteiger partial charge in [0.2, 0.25) is 0 Å². The van der Waals surface area contributed by atoms with E-state index in [4.69, 9.17) is 4.74 Å². The highest BCUT2D eigenvalue weighted by molar-refractivity contribution is 5.65. The molecule has 0 fully saturated rings. The Morgan fingerprint density at radius 3 is 2.61 bits per heavy atom. The maximum atomic E-state index is 10.8. The summed E-state index contributed by atoms with van der Waals surface area (Å²) in [4.78, 5) is 20.7. The molecule has 0 aromatic heterocycles. The molecule has 0 saturated carbocycles. The number of carbonyl (C=O) groups is 1. The largest absolute Gasteiger partial charge is 0.439 e. The van der Waals surface area contributed by atoms with Crippen LogP contribution in [0.5, 0.6) is 0 Å². The zero-order valence-corrected chi connectivity index (χ0v) is 9.87. The van der Waals surface area contributed by atoms with Crippen molar-refractivity contribution >= 4 is 12.0 Å². The van der Waals surface area contributed by atoms with Gasteiger partial charge in [-0.1, -0.05) is 30.3 Å². The average Bonchev–Trinajstić information content (AvgIpc) is 2.33. The van der Waals surface area contributed by atoms with Gasteiger partial charge in [0.05, 0.1) is 4.92 Å². The average molecular weight is 251 g/mol. The summed E-state index contributed by atoms with van der Waals surface area (Å²) < 4.78 is 9.40.